The number of hydrogen-bond acceptors (Lipinski definition) is 2. The van der Waals surface area contributed by atoms with Crippen LogP contribution in [0.15, 0.2) is 0 Å². The Bertz CT molecular complexity index is 331. The van der Waals surface area contributed by atoms with Gasteiger partial charge >= 0.3 is 0 Å². The molecule has 0 fully saturated rings. The van der Waals surface area contributed by atoms with Crippen LogP contribution in [0.5, 0.6) is 0 Å². The van der Waals surface area contributed by atoms with E-state index < -0.39 is 0 Å². The van der Waals surface area contributed by atoms with E-state index in [1.54, 1.807) is 0 Å². The topological polar surface area (TPSA) is 54.7 Å². The summed E-state index contributed by atoms with van der Waals surface area (Å²) in [5.74, 6) is 1.73. The lowest BCUT2D eigenvalue weighted by Gasteiger charge is -2.16. The van der Waals surface area contributed by atoms with Gasteiger partial charge < -0.3 is 10.7 Å². The van der Waals surface area contributed by atoms with Crippen LogP contribution in [-0.4, -0.2) is 15.5 Å². The predicted molar refractivity (Wildman–Crippen MR) is 68.5 cm³/mol. The average Bonchev–Trinajstić information content (AvgIpc) is 2.42. The number of aryl methyl sites for hydroxylation is 2. The molecular formula is C13H25N3. The first-order valence-corrected chi connectivity index (χ1v) is 6.11. The summed E-state index contributed by atoms with van der Waals surface area (Å²) in [6.07, 6.45) is 2.94. The molecule has 0 aliphatic heterocycles. The molecule has 0 amide bonds. The summed E-state index contributed by atoms with van der Waals surface area (Å²) in [5.41, 5.74) is 8.27. The van der Waals surface area contributed by atoms with E-state index in [4.69, 9.17) is 5.73 Å². The van der Waals surface area contributed by atoms with Crippen LogP contribution in [0.2, 0.25) is 0 Å². The first-order valence-electron chi connectivity index (χ1n) is 6.11. The van der Waals surface area contributed by atoms with Crippen molar-refractivity contribution in [3.05, 3.63) is 17.2 Å². The van der Waals surface area contributed by atoms with Crippen molar-refractivity contribution in [2.75, 3.05) is 0 Å². The van der Waals surface area contributed by atoms with Crippen LogP contribution in [0.25, 0.3) is 0 Å². The maximum absolute atomic E-state index is 5.97. The zero-order valence-corrected chi connectivity index (χ0v) is 11.2. The summed E-state index contributed by atoms with van der Waals surface area (Å²) in [5, 5.41) is 0. The SMILES string of the molecule is Cc1[nH]c(CCC(C)(C)N)nc1CC(C)C. The van der Waals surface area contributed by atoms with Gasteiger partial charge in [0, 0.05) is 17.7 Å². The molecule has 0 saturated carbocycles. The minimum Gasteiger partial charge on any atom is -0.346 e. The van der Waals surface area contributed by atoms with Crippen molar-refractivity contribution < 1.29 is 0 Å². The number of H-pyrrole nitrogens is 1. The zero-order chi connectivity index (χ0) is 12.3. The molecule has 0 aliphatic rings. The fourth-order valence-electron chi connectivity index (χ4n) is 1.71. The van der Waals surface area contributed by atoms with Crippen molar-refractivity contribution in [1.82, 2.24) is 9.97 Å². The van der Waals surface area contributed by atoms with Gasteiger partial charge in [0.2, 0.25) is 0 Å². The van der Waals surface area contributed by atoms with Gasteiger partial charge in [0.1, 0.15) is 5.82 Å². The summed E-state index contributed by atoms with van der Waals surface area (Å²) < 4.78 is 0. The Kier molecular flexibility index (Phi) is 4.14. The van der Waals surface area contributed by atoms with Gasteiger partial charge in [-0.1, -0.05) is 13.8 Å². The first-order chi connectivity index (χ1) is 7.28. The van der Waals surface area contributed by atoms with Crippen molar-refractivity contribution in [2.45, 2.75) is 59.4 Å². The fourth-order valence-corrected chi connectivity index (χ4v) is 1.71. The molecule has 1 aromatic heterocycles. The first kappa shape index (κ1) is 13.2. The van der Waals surface area contributed by atoms with Gasteiger partial charge in [0.15, 0.2) is 0 Å². The number of nitrogens with two attached hydrogens (primary N) is 1. The minimum absolute atomic E-state index is 0.112. The third kappa shape index (κ3) is 4.35. The summed E-state index contributed by atoms with van der Waals surface area (Å²) in [6.45, 7) is 10.6. The molecule has 0 spiro atoms. The highest BCUT2D eigenvalue weighted by Gasteiger charge is 2.13. The second-order valence-electron chi connectivity index (χ2n) is 5.84. The van der Waals surface area contributed by atoms with E-state index in [0.29, 0.717) is 5.92 Å². The standard InChI is InChI=1S/C13H25N3/c1-9(2)8-11-10(3)15-12(16-11)6-7-13(4,5)14/h9H,6-8,14H2,1-5H3,(H,15,16). The summed E-state index contributed by atoms with van der Waals surface area (Å²) >= 11 is 0. The van der Waals surface area contributed by atoms with Gasteiger partial charge in [-0.25, -0.2) is 4.98 Å². The highest BCUT2D eigenvalue weighted by molar-refractivity contribution is 5.13. The van der Waals surface area contributed by atoms with Crippen LogP contribution in [0.3, 0.4) is 0 Å². The Morgan fingerprint density at radius 2 is 2.00 bits per heavy atom. The number of nitrogens with one attached hydrogen (secondary N) is 1. The van der Waals surface area contributed by atoms with E-state index in [9.17, 15) is 0 Å². The van der Waals surface area contributed by atoms with E-state index in [1.165, 1.54) is 11.4 Å². The zero-order valence-electron chi connectivity index (χ0n) is 11.2. The second-order valence-corrected chi connectivity index (χ2v) is 5.84. The number of nitrogens with zero attached hydrogens (tertiary/aromatic N) is 1. The Morgan fingerprint density at radius 3 is 2.50 bits per heavy atom. The largest absolute Gasteiger partial charge is 0.346 e. The molecule has 1 aromatic rings. The van der Waals surface area contributed by atoms with Gasteiger partial charge in [-0.3, -0.25) is 0 Å². The van der Waals surface area contributed by atoms with Crippen molar-refractivity contribution in [2.24, 2.45) is 11.7 Å². The molecule has 3 nitrogen and oxygen atoms in total. The quantitative estimate of drug-likeness (QED) is 0.806. The molecule has 0 aliphatic carbocycles. The number of imidazole rings is 1. The monoisotopic (exact) mass is 223 g/mol. The van der Waals surface area contributed by atoms with Crippen molar-refractivity contribution in [3.63, 3.8) is 0 Å². The fraction of sp³-hybridized carbons (Fsp3) is 0.769. The van der Waals surface area contributed by atoms with E-state index in [-0.39, 0.29) is 5.54 Å². The van der Waals surface area contributed by atoms with Crippen molar-refractivity contribution in [1.29, 1.82) is 0 Å². The van der Waals surface area contributed by atoms with Crippen molar-refractivity contribution in [3.8, 4) is 0 Å². The second kappa shape index (κ2) is 5.00. The summed E-state index contributed by atoms with van der Waals surface area (Å²) in [7, 11) is 0. The van der Waals surface area contributed by atoms with Gasteiger partial charge in [-0.2, -0.15) is 0 Å². The Labute approximate surface area is 98.8 Å². The molecule has 3 heteroatoms. The highest BCUT2D eigenvalue weighted by atomic mass is 14.9. The summed E-state index contributed by atoms with van der Waals surface area (Å²) in [6, 6.07) is 0. The Hall–Kier alpha value is -0.830. The highest BCUT2D eigenvalue weighted by Crippen LogP contribution is 2.14. The third-order valence-electron chi connectivity index (χ3n) is 2.64. The maximum Gasteiger partial charge on any atom is 0.106 e. The van der Waals surface area contributed by atoms with Gasteiger partial charge in [-0.15, -0.1) is 0 Å². The van der Waals surface area contributed by atoms with Crippen LogP contribution in [0.1, 0.15) is 51.3 Å². The molecule has 0 aromatic carbocycles. The number of aromatic nitrogens is 2. The van der Waals surface area contributed by atoms with E-state index in [2.05, 4.69) is 44.6 Å². The molecule has 1 rings (SSSR count). The molecule has 1 heterocycles. The maximum atomic E-state index is 5.97. The molecule has 0 bridgehead atoms. The normalized spacial score (nSPS) is 12.4. The van der Waals surface area contributed by atoms with Gasteiger partial charge in [-0.05, 0) is 39.5 Å². The summed E-state index contributed by atoms with van der Waals surface area (Å²) in [4.78, 5) is 8.00. The van der Waals surface area contributed by atoms with Crippen LogP contribution < -0.4 is 5.73 Å². The average molecular weight is 223 g/mol. The molecule has 0 radical (unpaired) electrons. The molecule has 0 atom stereocenters. The minimum atomic E-state index is -0.112. The van der Waals surface area contributed by atoms with E-state index in [0.717, 1.165) is 25.1 Å². The lowest BCUT2D eigenvalue weighted by Crippen LogP contribution is -2.32. The van der Waals surface area contributed by atoms with E-state index in [1.807, 2.05) is 0 Å². The number of hydrogen-bond donors (Lipinski definition) is 2. The van der Waals surface area contributed by atoms with Crippen molar-refractivity contribution >= 4 is 0 Å². The van der Waals surface area contributed by atoms with Gasteiger partial charge in [0.05, 0.1) is 5.69 Å². The molecule has 16 heavy (non-hydrogen) atoms. The van der Waals surface area contributed by atoms with Crippen LogP contribution in [-0.2, 0) is 12.8 Å². The molecular weight excluding hydrogens is 198 g/mol. The number of rotatable bonds is 5. The van der Waals surface area contributed by atoms with Crippen LogP contribution in [0.4, 0.5) is 0 Å². The van der Waals surface area contributed by atoms with Crippen LogP contribution in [0, 0.1) is 12.8 Å². The third-order valence-corrected chi connectivity index (χ3v) is 2.64. The lowest BCUT2D eigenvalue weighted by molar-refractivity contribution is 0.471. The predicted octanol–water partition coefficient (Wildman–Crippen LogP) is 2.59. The molecule has 92 valence electrons. The molecule has 0 unspecified atom stereocenters. The lowest BCUT2D eigenvalue weighted by atomic mass is 10.0. The van der Waals surface area contributed by atoms with Crippen LogP contribution >= 0.6 is 0 Å². The van der Waals surface area contributed by atoms with Gasteiger partial charge in [0.25, 0.3) is 0 Å². The Morgan fingerprint density at radius 1 is 1.38 bits per heavy atom. The van der Waals surface area contributed by atoms with E-state index >= 15 is 0 Å². The molecule has 0 saturated heterocycles. The number of aromatic amines is 1. The molecule has 3 N–H and O–H groups in total. The smallest absolute Gasteiger partial charge is 0.106 e. The Balaban J connectivity index is 2.62.